The van der Waals surface area contributed by atoms with E-state index in [1.54, 1.807) is 7.05 Å². The molecule has 0 radical (unpaired) electrons. The average molecular weight is 290 g/mol. The molecule has 0 spiro atoms. The van der Waals surface area contributed by atoms with Crippen LogP contribution in [0.2, 0.25) is 0 Å². The zero-order valence-electron chi connectivity index (χ0n) is 11.4. The molecule has 1 saturated carbocycles. The Morgan fingerprint density at radius 2 is 1.95 bits per heavy atom. The lowest BCUT2D eigenvalue weighted by Gasteiger charge is -2.37. The third-order valence-corrected chi connectivity index (χ3v) is 6.12. The maximum atomic E-state index is 12.5. The van der Waals surface area contributed by atoms with Crippen molar-refractivity contribution in [2.45, 2.75) is 38.6 Å². The molecule has 0 aromatic rings. The summed E-state index contributed by atoms with van der Waals surface area (Å²) in [6.45, 7) is 2.48. The minimum absolute atomic E-state index is 0.0911. The Morgan fingerprint density at radius 3 is 2.47 bits per heavy atom. The molecule has 0 bridgehead atoms. The van der Waals surface area contributed by atoms with Crippen LogP contribution in [-0.2, 0) is 15.0 Å². The summed E-state index contributed by atoms with van der Waals surface area (Å²) < 4.78 is 27.7. The van der Waals surface area contributed by atoms with Crippen LogP contribution in [0.5, 0.6) is 0 Å². The van der Waals surface area contributed by atoms with Gasteiger partial charge in [-0.2, -0.15) is 17.0 Å². The van der Waals surface area contributed by atoms with E-state index >= 15 is 0 Å². The zero-order chi connectivity index (χ0) is 14.2. The van der Waals surface area contributed by atoms with Crippen molar-refractivity contribution in [1.82, 2.24) is 8.61 Å². The van der Waals surface area contributed by atoms with Crippen molar-refractivity contribution < 1.29 is 18.3 Å². The second kappa shape index (κ2) is 5.38. The van der Waals surface area contributed by atoms with E-state index in [0.29, 0.717) is 25.3 Å². The van der Waals surface area contributed by atoms with Gasteiger partial charge in [0.25, 0.3) is 10.2 Å². The Kier molecular flexibility index (Phi) is 4.17. The van der Waals surface area contributed by atoms with Gasteiger partial charge in [-0.25, -0.2) is 0 Å². The van der Waals surface area contributed by atoms with Gasteiger partial charge in [0, 0.05) is 26.2 Å². The summed E-state index contributed by atoms with van der Waals surface area (Å²) in [4.78, 5) is 11.1. The second-order valence-electron chi connectivity index (χ2n) is 5.76. The highest BCUT2D eigenvalue weighted by molar-refractivity contribution is 7.86. The van der Waals surface area contributed by atoms with Gasteiger partial charge in [-0.15, -0.1) is 0 Å². The fourth-order valence-corrected chi connectivity index (χ4v) is 4.22. The average Bonchev–Trinajstić information content (AvgIpc) is 3.12. The van der Waals surface area contributed by atoms with Crippen molar-refractivity contribution in [2.75, 3.05) is 20.1 Å². The third kappa shape index (κ3) is 3.27. The van der Waals surface area contributed by atoms with Crippen molar-refractivity contribution in [3.8, 4) is 0 Å². The molecule has 2 aliphatic rings. The fourth-order valence-electron chi connectivity index (χ4n) is 2.54. The van der Waals surface area contributed by atoms with Crippen LogP contribution in [0.15, 0.2) is 0 Å². The summed E-state index contributed by atoms with van der Waals surface area (Å²) in [7, 11) is -1.94. The number of carboxylic acid groups (broad SMARTS) is 1. The smallest absolute Gasteiger partial charge is 0.307 e. The maximum Gasteiger partial charge on any atom is 0.307 e. The first kappa shape index (κ1) is 14.7. The van der Waals surface area contributed by atoms with Crippen LogP contribution in [0.1, 0.15) is 32.6 Å². The number of hydrogen-bond donors (Lipinski definition) is 1. The SMILES string of the molecule is CC1CCC(C(=O)O)CN1S(=O)(=O)N(C)CC1CC1. The first-order chi connectivity index (χ1) is 8.82. The van der Waals surface area contributed by atoms with E-state index < -0.39 is 22.1 Å². The standard InChI is InChI=1S/C12H22N2O4S/c1-9-3-6-11(12(15)16)8-14(9)19(17,18)13(2)7-10-4-5-10/h9-11H,3-8H2,1-2H3,(H,15,16). The number of carbonyl (C=O) groups is 1. The van der Waals surface area contributed by atoms with Crippen LogP contribution < -0.4 is 0 Å². The molecule has 0 amide bonds. The van der Waals surface area contributed by atoms with Crippen LogP contribution >= 0.6 is 0 Å². The van der Waals surface area contributed by atoms with E-state index in [0.717, 1.165) is 12.8 Å². The molecule has 1 N–H and O–H groups in total. The molecule has 1 saturated heterocycles. The first-order valence-corrected chi connectivity index (χ1v) is 8.18. The molecule has 1 aliphatic heterocycles. The predicted octanol–water partition coefficient (Wildman–Crippen LogP) is 0.758. The largest absolute Gasteiger partial charge is 0.481 e. The Balaban J connectivity index is 2.09. The van der Waals surface area contributed by atoms with E-state index in [1.165, 1.54) is 8.61 Å². The summed E-state index contributed by atoms with van der Waals surface area (Å²) in [5.41, 5.74) is 0. The van der Waals surface area contributed by atoms with Crippen LogP contribution in [0.3, 0.4) is 0 Å². The number of aliphatic carboxylic acids is 1. The quantitative estimate of drug-likeness (QED) is 0.811. The normalized spacial score (nSPS) is 29.6. The van der Waals surface area contributed by atoms with Crippen molar-refractivity contribution in [1.29, 1.82) is 0 Å². The summed E-state index contributed by atoms with van der Waals surface area (Å²) in [5.74, 6) is -1.01. The number of nitrogens with zero attached hydrogens (tertiary/aromatic N) is 2. The minimum Gasteiger partial charge on any atom is -0.481 e. The number of piperidine rings is 1. The molecule has 19 heavy (non-hydrogen) atoms. The number of hydrogen-bond acceptors (Lipinski definition) is 3. The van der Waals surface area contributed by atoms with E-state index in [2.05, 4.69) is 0 Å². The predicted molar refractivity (Wildman–Crippen MR) is 70.8 cm³/mol. The highest BCUT2D eigenvalue weighted by Gasteiger charge is 2.39. The molecule has 0 aromatic carbocycles. The van der Waals surface area contributed by atoms with Gasteiger partial charge in [0.05, 0.1) is 5.92 Å². The van der Waals surface area contributed by atoms with Gasteiger partial charge < -0.3 is 5.11 Å². The summed E-state index contributed by atoms with van der Waals surface area (Å²) in [6, 6.07) is -0.123. The molecule has 2 unspecified atom stereocenters. The minimum atomic E-state index is -3.53. The maximum absolute atomic E-state index is 12.5. The zero-order valence-corrected chi connectivity index (χ0v) is 12.3. The molecular weight excluding hydrogens is 268 g/mol. The Bertz CT molecular complexity index is 447. The van der Waals surface area contributed by atoms with E-state index in [9.17, 15) is 13.2 Å². The Labute approximate surface area is 114 Å². The summed E-state index contributed by atoms with van der Waals surface area (Å²) in [6.07, 6.45) is 3.34. The molecule has 110 valence electrons. The molecule has 2 rings (SSSR count). The second-order valence-corrected chi connectivity index (χ2v) is 7.75. The monoisotopic (exact) mass is 290 g/mol. The number of carboxylic acids is 1. The molecule has 2 atom stereocenters. The topological polar surface area (TPSA) is 77.9 Å². The molecular formula is C12H22N2O4S. The van der Waals surface area contributed by atoms with E-state index in [-0.39, 0.29) is 12.6 Å². The molecule has 6 nitrogen and oxygen atoms in total. The van der Waals surface area contributed by atoms with Gasteiger partial charge in [0.1, 0.15) is 0 Å². The van der Waals surface area contributed by atoms with Crippen molar-refractivity contribution in [3.05, 3.63) is 0 Å². The highest BCUT2D eigenvalue weighted by Crippen LogP contribution is 2.32. The van der Waals surface area contributed by atoms with Gasteiger partial charge in [0.2, 0.25) is 0 Å². The summed E-state index contributed by atoms with van der Waals surface area (Å²) >= 11 is 0. The van der Waals surface area contributed by atoms with Crippen LogP contribution in [0.25, 0.3) is 0 Å². The van der Waals surface area contributed by atoms with Gasteiger partial charge >= 0.3 is 5.97 Å². The van der Waals surface area contributed by atoms with E-state index in [4.69, 9.17) is 5.11 Å². The summed E-state index contributed by atoms with van der Waals surface area (Å²) in [5, 5.41) is 9.07. The van der Waals surface area contributed by atoms with Crippen molar-refractivity contribution in [2.24, 2.45) is 11.8 Å². The van der Waals surface area contributed by atoms with Gasteiger partial charge in [0.15, 0.2) is 0 Å². The van der Waals surface area contributed by atoms with Crippen LogP contribution in [-0.4, -0.2) is 54.3 Å². The molecule has 1 heterocycles. The lowest BCUT2D eigenvalue weighted by molar-refractivity contribution is -0.143. The molecule has 1 aliphatic carbocycles. The van der Waals surface area contributed by atoms with Gasteiger partial charge in [-0.1, -0.05) is 0 Å². The van der Waals surface area contributed by atoms with Gasteiger partial charge in [-0.05, 0) is 38.5 Å². The molecule has 0 aromatic heterocycles. The Hall–Kier alpha value is -0.660. The van der Waals surface area contributed by atoms with Crippen LogP contribution in [0, 0.1) is 11.8 Å². The molecule has 2 fully saturated rings. The van der Waals surface area contributed by atoms with E-state index in [1.807, 2.05) is 6.92 Å². The van der Waals surface area contributed by atoms with Gasteiger partial charge in [-0.3, -0.25) is 4.79 Å². The lowest BCUT2D eigenvalue weighted by Crippen LogP contribution is -2.52. The Morgan fingerprint density at radius 1 is 1.32 bits per heavy atom. The van der Waals surface area contributed by atoms with Crippen LogP contribution in [0.4, 0.5) is 0 Å². The number of rotatable bonds is 5. The van der Waals surface area contributed by atoms with Crippen molar-refractivity contribution >= 4 is 16.2 Å². The fraction of sp³-hybridized carbons (Fsp3) is 0.917. The molecule has 7 heteroatoms. The third-order valence-electron chi connectivity index (χ3n) is 4.08. The highest BCUT2D eigenvalue weighted by atomic mass is 32.2. The van der Waals surface area contributed by atoms with Crippen molar-refractivity contribution in [3.63, 3.8) is 0 Å². The first-order valence-electron chi connectivity index (χ1n) is 6.78. The lowest BCUT2D eigenvalue weighted by atomic mass is 9.96.